The Kier molecular flexibility index (Phi) is 8.53. The molecular formula is C32H36FN3O3. The van der Waals surface area contributed by atoms with E-state index in [9.17, 15) is 9.90 Å². The Labute approximate surface area is 229 Å². The molecular weight excluding hydrogens is 493 g/mol. The first kappa shape index (κ1) is 28.1. The summed E-state index contributed by atoms with van der Waals surface area (Å²) in [4.78, 5) is 14.5. The van der Waals surface area contributed by atoms with Gasteiger partial charge in [-0.3, -0.25) is 4.79 Å². The molecule has 3 N–H and O–H groups in total. The van der Waals surface area contributed by atoms with Crippen molar-refractivity contribution in [2.45, 2.75) is 46.5 Å². The van der Waals surface area contributed by atoms with Crippen molar-refractivity contribution in [3.05, 3.63) is 95.0 Å². The van der Waals surface area contributed by atoms with E-state index in [4.69, 9.17) is 4.74 Å². The first-order chi connectivity index (χ1) is 18.6. The van der Waals surface area contributed by atoms with Crippen LogP contribution in [0, 0.1) is 19.7 Å². The first-order valence-electron chi connectivity index (χ1n) is 13.0. The number of nitrogens with one attached hydrogen (secondary N) is 2. The molecule has 1 aliphatic rings. The van der Waals surface area contributed by atoms with Crippen molar-refractivity contribution in [1.29, 1.82) is 0 Å². The normalized spacial score (nSPS) is 14.9. The minimum Gasteiger partial charge on any atom is -0.496 e. The largest absolute Gasteiger partial charge is 0.496 e. The number of amides is 1. The zero-order valence-corrected chi connectivity index (χ0v) is 23.3. The van der Waals surface area contributed by atoms with E-state index < -0.39 is 6.23 Å². The summed E-state index contributed by atoms with van der Waals surface area (Å²) in [6.07, 6.45) is 4.04. The number of halogens is 1. The fourth-order valence-corrected chi connectivity index (χ4v) is 4.79. The molecule has 7 heteroatoms. The second-order valence-corrected chi connectivity index (χ2v) is 10.1. The Morgan fingerprint density at radius 2 is 1.74 bits per heavy atom. The van der Waals surface area contributed by atoms with Crippen molar-refractivity contribution < 1.29 is 19.0 Å². The summed E-state index contributed by atoms with van der Waals surface area (Å²) in [6.45, 7) is 8.38. The summed E-state index contributed by atoms with van der Waals surface area (Å²) in [5.74, 6) is -0.175. The van der Waals surface area contributed by atoms with Crippen LogP contribution < -0.4 is 15.4 Å². The zero-order valence-electron chi connectivity index (χ0n) is 23.3. The number of rotatable bonds is 8. The number of hydrogen-bond donors (Lipinski definition) is 3. The molecule has 1 unspecified atom stereocenters. The van der Waals surface area contributed by atoms with Crippen LogP contribution in [-0.2, 0) is 11.3 Å². The fraction of sp³-hybridized carbons (Fsp3) is 0.281. The maximum absolute atomic E-state index is 15.2. The second kappa shape index (κ2) is 11.8. The molecule has 0 aliphatic carbocycles. The molecule has 0 radical (unpaired) electrons. The van der Waals surface area contributed by atoms with Gasteiger partial charge in [0.05, 0.1) is 12.7 Å². The van der Waals surface area contributed by atoms with Crippen molar-refractivity contribution in [2.24, 2.45) is 0 Å². The van der Waals surface area contributed by atoms with Gasteiger partial charge in [0, 0.05) is 37.1 Å². The average Bonchev–Trinajstić information content (AvgIpc) is 2.90. The van der Waals surface area contributed by atoms with E-state index in [1.165, 1.54) is 0 Å². The third-order valence-electron chi connectivity index (χ3n) is 7.10. The van der Waals surface area contributed by atoms with Crippen LogP contribution >= 0.6 is 0 Å². The molecule has 0 fully saturated rings. The number of anilines is 1. The molecule has 0 saturated heterocycles. The Bertz CT molecular complexity index is 1440. The van der Waals surface area contributed by atoms with Crippen molar-refractivity contribution in [3.8, 4) is 28.0 Å². The summed E-state index contributed by atoms with van der Waals surface area (Å²) in [6, 6.07) is 15.3. The SMILES string of the molecule is COc1cc(-c2cccc(-c3cccc(NC(=O)C4=CC=CN(C)C4O)c3C)c2C)cc(F)c1CNC(C)C. The first-order valence-corrected chi connectivity index (χ1v) is 13.0. The number of ether oxygens (including phenoxy) is 1. The van der Waals surface area contributed by atoms with Crippen LogP contribution in [0.5, 0.6) is 5.75 Å². The second-order valence-electron chi connectivity index (χ2n) is 10.1. The van der Waals surface area contributed by atoms with E-state index in [0.717, 1.165) is 33.4 Å². The van der Waals surface area contributed by atoms with Gasteiger partial charge >= 0.3 is 0 Å². The molecule has 0 bridgehead atoms. The molecule has 4 rings (SSSR count). The summed E-state index contributed by atoms with van der Waals surface area (Å²) in [5.41, 5.74) is 6.85. The van der Waals surface area contributed by atoms with Gasteiger partial charge in [-0.05, 0) is 77.6 Å². The van der Waals surface area contributed by atoms with Gasteiger partial charge in [-0.1, -0.05) is 44.2 Å². The molecule has 0 spiro atoms. The van der Waals surface area contributed by atoms with Gasteiger partial charge in [0.2, 0.25) is 0 Å². The van der Waals surface area contributed by atoms with Gasteiger partial charge in [0.1, 0.15) is 11.6 Å². The fourth-order valence-electron chi connectivity index (χ4n) is 4.79. The summed E-state index contributed by atoms with van der Waals surface area (Å²) >= 11 is 0. The van der Waals surface area contributed by atoms with E-state index >= 15 is 4.39 Å². The predicted molar refractivity (Wildman–Crippen MR) is 155 cm³/mol. The Morgan fingerprint density at radius 3 is 2.44 bits per heavy atom. The number of methoxy groups -OCH3 is 1. The van der Waals surface area contributed by atoms with Gasteiger partial charge < -0.3 is 25.4 Å². The minimum atomic E-state index is -1.01. The van der Waals surface area contributed by atoms with E-state index in [1.54, 1.807) is 43.5 Å². The monoisotopic (exact) mass is 529 g/mol. The van der Waals surface area contributed by atoms with E-state index in [-0.39, 0.29) is 23.3 Å². The number of benzene rings is 3. The van der Waals surface area contributed by atoms with Crippen molar-refractivity contribution in [3.63, 3.8) is 0 Å². The Balaban J connectivity index is 1.69. The van der Waals surface area contributed by atoms with Crippen molar-refractivity contribution >= 4 is 11.6 Å². The third kappa shape index (κ3) is 5.90. The maximum Gasteiger partial charge on any atom is 0.256 e. The van der Waals surface area contributed by atoms with E-state index in [0.29, 0.717) is 23.5 Å². The average molecular weight is 530 g/mol. The van der Waals surface area contributed by atoms with Crippen LogP contribution in [0.2, 0.25) is 0 Å². The van der Waals surface area contributed by atoms with Crippen LogP contribution in [0.15, 0.2) is 72.5 Å². The molecule has 1 amide bonds. The molecule has 1 aliphatic heterocycles. The summed E-state index contributed by atoms with van der Waals surface area (Å²) < 4.78 is 20.8. The molecule has 6 nitrogen and oxygen atoms in total. The molecule has 1 heterocycles. The lowest BCUT2D eigenvalue weighted by atomic mass is 9.90. The minimum absolute atomic E-state index is 0.221. The van der Waals surface area contributed by atoms with Gasteiger partial charge in [0.25, 0.3) is 5.91 Å². The van der Waals surface area contributed by atoms with Crippen LogP contribution in [0.25, 0.3) is 22.3 Å². The highest BCUT2D eigenvalue weighted by atomic mass is 19.1. The van der Waals surface area contributed by atoms with E-state index in [1.807, 2.05) is 70.2 Å². The van der Waals surface area contributed by atoms with E-state index in [2.05, 4.69) is 10.6 Å². The number of hydrogen-bond acceptors (Lipinski definition) is 5. The molecule has 0 saturated carbocycles. The lowest BCUT2D eigenvalue weighted by molar-refractivity contribution is -0.114. The lowest BCUT2D eigenvalue weighted by Crippen LogP contribution is -2.35. The van der Waals surface area contributed by atoms with Crippen molar-refractivity contribution in [1.82, 2.24) is 10.2 Å². The van der Waals surface area contributed by atoms with Gasteiger partial charge in [-0.2, -0.15) is 0 Å². The number of nitrogens with zero attached hydrogens (tertiary/aromatic N) is 1. The van der Waals surface area contributed by atoms with Crippen LogP contribution in [0.1, 0.15) is 30.5 Å². The van der Waals surface area contributed by atoms with Gasteiger partial charge in [-0.25, -0.2) is 4.39 Å². The summed E-state index contributed by atoms with van der Waals surface area (Å²) in [7, 11) is 3.27. The number of aliphatic hydroxyl groups is 1. The zero-order chi connectivity index (χ0) is 28.3. The number of carbonyl (C=O) groups excluding carboxylic acids is 1. The Morgan fingerprint density at radius 1 is 1.08 bits per heavy atom. The molecule has 3 aromatic carbocycles. The lowest BCUT2D eigenvalue weighted by Gasteiger charge is -2.26. The molecule has 204 valence electrons. The highest BCUT2D eigenvalue weighted by molar-refractivity contribution is 6.05. The van der Waals surface area contributed by atoms with Crippen LogP contribution in [0.4, 0.5) is 10.1 Å². The highest BCUT2D eigenvalue weighted by Gasteiger charge is 2.24. The Hall–Kier alpha value is -3.94. The predicted octanol–water partition coefficient (Wildman–Crippen LogP) is 5.93. The molecule has 39 heavy (non-hydrogen) atoms. The molecule has 1 atom stereocenters. The number of allylic oxidation sites excluding steroid dienone is 2. The number of aliphatic hydroxyl groups excluding tert-OH is 1. The van der Waals surface area contributed by atoms with Gasteiger partial charge in [0.15, 0.2) is 6.23 Å². The topological polar surface area (TPSA) is 73.8 Å². The van der Waals surface area contributed by atoms with Crippen molar-refractivity contribution in [2.75, 3.05) is 19.5 Å². The summed E-state index contributed by atoms with van der Waals surface area (Å²) in [5, 5.41) is 16.6. The quantitative estimate of drug-likeness (QED) is 0.338. The third-order valence-corrected chi connectivity index (χ3v) is 7.10. The molecule has 0 aromatic heterocycles. The van der Waals surface area contributed by atoms with Crippen LogP contribution in [0.3, 0.4) is 0 Å². The number of likely N-dealkylation sites (N-methyl/N-ethyl adjacent to an activating group) is 1. The van der Waals surface area contributed by atoms with Crippen LogP contribution in [-0.4, -0.2) is 42.3 Å². The highest BCUT2D eigenvalue weighted by Crippen LogP contribution is 2.37. The number of carbonyl (C=O) groups is 1. The standard InChI is InChI=1S/C32H36FN3O3/c1-19(2)34-18-27-28(33)16-22(17-30(27)39-6)23-10-7-11-24(20(23)3)25-12-8-14-29(21(25)4)35-31(37)26-13-9-15-36(5)32(26)38/h7-17,19,32,34,38H,18H2,1-6H3,(H,35,37). The maximum atomic E-state index is 15.2. The smallest absolute Gasteiger partial charge is 0.256 e. The van der Waals surface area contributed by atoms with Gasteiger partial charge in [-0.15, -0.1) is 0 Å². The molecule has 3 aromatic rings.